The quantitative estimate of drug-likeness (QED) is 0.133. The fourth-order valence-electron chi connectivity index (χ4n) is 9.20. The first-order valence-electron chi connectivity index (χ1n) is 16.6. The van der Waals surface area contributed by atoms with Crippen LogP contribution in [0.25, 0.3) is 0 Å². The van der Waals surface area contributed by atoms with Crippen molar-refractivity contribution in [1.82, 2.24) is 5.32 Å². The number of hydrogen-bond acceptors (Lipinski definition) is 8. The third-order valence-corrected chi connectivity index (χ3v) is 12.2. The molecular formula is C36H51NO6S. The summed E-state index contributed by atoms with van der Waals surface area (Å²) in [5.41, 5.74) is 2.65. The lowest BCUT2D eigenvalue weighted by Gasteiger charge is -2.58. The molecule has 1 aliphatic heterocycles. The first-order chi connectivity index (χ1) is 20.9. The first-order valence-corrected chi connectivity index (χ1v) is 17.2. The summed E-state index contributed by atoms with van der Waals surface area (Å²) < 4.78 is 18.1. The molecule has 7 atom stereocenters. The summed E-state index contributed by atoms with van der Waals surface area (Å²) >= 11 is 4.67. The lowest BCUT2D eigenvalue weighted by Crippen LogP contribution is -2.58. The summed E-state index contributed by atoms with van der Waals surface area (Å²) in [7, 11) is 0. The molecule has 3 saturated carbocycles. The van der Waals surface area contributed by atoms with Gasteiger partial charge in [0, 0.05) is 40.9 Å². The molecule has 1 aromatic rings. The first kappa shape index (κ1) is 32.5. The molecule has 4 aliphatic carbocycles. The molecule has 7 nitrogen and oxygen atoms in total. The van der Waals surface area contributed by atoms with E-state index in [9.17, 15) is 15.3 Å². The molecule has 1 aromatic carbocycles. The highest BCUT2D eigenvalue weighted by atomic mass is 32.1. The summed E-state index contributed by atoms with van der Waals surface area (Å²) in [5, 5.41) is 36.8. The van der Waals surface area contributed by atoms with Crippen LogP contribution in [-0.2, 0) is 14.2 Å². The Bertz CT molecular complexity index is 1310. The van der Waals surface area contributed by atoms with Gasteiger partial charge in [-0.05, 0) is 80.2 Å². The second-order valence-corrected chi connectivity index (χ2v) is 15.4. The van der Waals surface area contributed by atoms with Gasteiger partial charge in [0.1, 0.15) is 6.61 Å². The van der Waals surface area contributed by atoms with Crippen LogP contribution in [0.2, 0.25) is 0 Å². The molecule has 6 rings (SSSR count). The Morgan fingerprint density at radius 1 is 1.07 bits per heavy atom. The van der Waals surface area contributed by atoms with Crippen molar-refractivity contribution in [3.8, 4) is 11.8 Å². The molecule has 0 amide bonds. The number of hydrogen-bond donors (Lipinski definition) is 5. The van der Waals surface area contributed by atoms with Gasteiger partial charge in [-0.15, -0.1) is 0 Å². The second-order valence-electron chi connectivity index (χ2n) is 15.1. The van der Waals surface area contributed by atoms with Crippen LogP contribution in [0, 0.1) is 34.5 Å². The second kappa shape index (κ2) is 12.0. The van der Waals surface area contributed by atoms with E-state index in [0.29, 0.717) is 50.2 Å². The maximum atomic E-state index is 12.4. The monoisotopic (exact) mass is 625 g/mol. The maximum Gasteiger partial charge on any atom is 0.214 e. The molecule has 4 N–H and O–H groups in total. The predicted molar refractivity (Wildman–Crippen MR) is 173 cm³/mol. The maximum absolute atomic E-state index is 12.4. The van der Waals surface area contributed by atoms with Crippen molar-refractivity contribution in [2.45, 2.75) is 108 Å². The lowest BCUT2D eigenvalue weighted by atomic mass is 9.50. The zero-order valence-corrected chi connectivity index (χ0v) is 27.7. The topological polar surface area (TPSA) is 100 Å². The van der Waals surface area contributed by atoms with E-state index < -0.39 is 23.4 Å². The van der Waals surface area contributed by atoms with Crippen molar-refractivity contribution < 1.29 is 29.5 Å². The molecule has 8 heteroatoms. The van der Waals surface area contributed by atoms with Crippen molar-refractivity contribution in [3.63, 3.8) is 0 Å². The molecule has 242 valence electrons. The molecule has 7 unspecified atom stereocenters. The number of ether oxygens (including phenoxy) is 3. The van der Waals surface area contributed by atoms with Crippen molar-refractivity contribution in [3.05, 3.63) is 46.5 Å². The predicted octanol–water partition coefficient (Wildman–Crippen LogP) is 4.90. The van der Waals surface area contributed by atoms with Crippen LogP contribution in [0.3, 0.4) is 0 Å². The summed E-state index contributed by atoms with van der Waals surface area (Å²) in [5.74, 6) is 6.65. The molecule has 1 heterocycles. The highest BCUT2D eigenvalue weighted by Crippen LogP contribution is 2.68. The number of rotatable bonds is 6. The van der Waals surface area contributed by atoms with Gasteiger partial charge in [0.2, 0.25) is 6.41 Å². The Labute approximate surface area is 268 Å². The molecular weight excluding hydrogens is 574 g/mol. The number of benzene rings is 1. The van der Waals surface area contributed by atoms with E-state index >= 15 is 0 Å². The van der Waals surface area contributed by atoms with Crippen molar-refractivity contribution >= 4 is 12.6 Å². The molecule has 44 heavy (non-hydrogen) atoms. The van der Waals surface area contributed by atoms with Gasteiger partial charge in [0.05, 0.1) is 24.4 Å². The Kier molecular flexibility index (Phi) is 8.87. The number of thiol groups is 1. The van der Waals surface area contributed by atoms with E-state index in [0.717, 1.165) is 44.1 Å². The number of nitrogens with one attached hydrogen (secondary N) is 1. The van der Waals surface area contributed by atoms with Crippen LogP contribution in [0.4, 0.5) is 0 Å². The minimum absolute atomic E-state index is 0.0213. The van der Waals surface area contributed by atoms with Crippen LogP contribution in [0.15, 0.2) is 35.4 Å². The summed E-state index contributed by atoms with van der Waals surface area (Å²) in [4.78, 5) is 0. The van der Waals surface area contributed by atoms with Crippen LogP contribution in [0.5, 0.6) is 0 Å². The molecule has 0 radical (unpaired) electrons. The normalized spacial score (nSPS) is 37.9. The van der Waals surface area contributed by atoms with Crippen molar-refractivity contribution in [2.24, 2.45) is 22.7 Å². The van der Waals surface area contributed by atoms with Crippen LogP contribution in [0.1, 0.15) is 96.1 Å². The van der Waals surface area contributed by atoms with Gasteiger partial charge in [-0.25, -0.2) is 0 Å². The van der Waals surface area contributed by atoms with Gasteiger partial charge < -0.3 is 29.5 Å². The Morgan fingerprint density at radius 2 is 1.80 bits per heavy atom. The van der Waals surface area contributed by atoms with Crippen LogP contribution < -0.4 is 5.32 Å². The third-order valence-electron chi connectivity index (χ3n) is 11.7. The Morgan fingerprint density at radius 3 is 2.48 bits per heavy atom. The van der Waals surface area contributed by atoms with E-state index in [2.05, 4.69) is 62.7 Å². The molecule has 0 bridgehead atoms. The average Bonchev–Trinajstić information content (AvgIpc) is 3.27. The largest absolute Gasteiger partial charge is 0.388 e. The van der Waals surface area contributed by atoms with Gasteiger partial charge >= 0.3 is 0 Å². The van der Waals surface area contributed by atoms with E-state index in [4.69, 9.17) is 14.2 Å². The lowest BCUT2D eigenvalue weighted by molar-refractivity contribution is -0.322. The fraction of sp³-hybridized carbons (Fsp3) is 0.722. The minimum atomic E-state index is -1.02. The SMILES string of the molecule is CCNC(O)OCC#Cc1ccc(C2CC3(C)C(CCC3(O)CS)C3CCC4(O)CC5(CCC4=C23)OCC(C)(C)CO5)cc1. The number of allylic oxidation sites excluding steroid dienone is 1. The highest BCUT2D eigenvalue weighted by Gasteiger charge is 2.64. The Hall–Kier alpha value is -1.41. The standard InChI is InChI=1S/C36H51NO6S/c1-5-37-31(38)41-18-6-7-24-8-10-25(11-9-24)27-19-33(4)28(13-16-35(33,40)23-44)26-12-15-34(39)20-36(17-14-29(34)30(26)27)42-21-32(2,3)22-43-36/h8-11,26-28,31,37-40,44H,5,12-23H2,1-4H3. The number of aliphatic hydroxyl groups is 3. The zero-order valence-electron chi connectivity index (χ0n) is 26.8. The van der Waals surface area contributed by atoms with Gasteiger partial charge in [-0.3, -0.25) is 5.32 Å². The van der Waals surface area contributed by atoms with Crippen LogP contribution in [-0.4, -0.2) is 70.8 Å². The average molecular weight is 626 g/mol. The summed E-state index contributed by atoms with van der Waals surface area (Å²) in [6.45, 7) is 10.5. The summed E-state index contributed by atoms with van der Waals surface area (Å²) in [6, 6.07) is 8.43. The zero-order chi connectivity index (χ0) is 31.4. The molecule has 1 saturated heterocycles. The molecule has 1 spiro atoms. The van der Waals surface area contributed by atoms with E-state index in [1.165, 1.54) is 16.7 Å². The highest BCUT2D eigenvalue weighted by molar-refractivity contribution is 7.80. The van der Waals surface area contributed by atoms with Crippen molar-refractivity contribution in [1.29, 1.82) is 0 Å². The smallest absolute Gasteiger partial charge is 0.214 e. The molecule has 0 aromatic heterocycles. The molecule has 4 fully saturated rings. The minimum Gasteiger partial charge on any atom is -0.388 e. The van der Waals surface area contributed by atoms with Gasteiger partial charge in [-0.1, -0.05) is 57.2 Å². The third kappa shape index (κ3) is 5.71. The fourth-order valence-corrected chi connectivity index (χ4v) is 9.72. The van der Waals surface area contributed by atoms with E-state index in [1.807, 2.05) is 19.1 Å². The van der Waals surface area contributed by atoms with Crippen LogP contribution >= 0.6 is 12.6 Å². The van der Waals surface area contributed by atoms with E-state index in [1.54, 1.807) is 0 Å². The van der Waals surface area contributed by atoms with Crippen molar-refractivity contribution in [2.75, 3.05) is 32.1 Å². The van der Waals surface area contributed by atoms with Gasteiger partial charge in [-0.2, -0.15) is 12.6 Å². The van der Waals surface area contributed by atoms with E-state index in [-0.39, 0.29) is 23.4 Å². The number of fused-ring (bicyclic) bond motifs is 4. The molecule has 5 aliphatic rings. The summed E-state index contributed by atoms with van der Waals surface area (Å²) in [6.07, 6.45) is 5.17. The number of aliphatic hydroxyl groups excluding tert-OH is 1. The van der Waals surface area contributed by atoms with Gasteiger partial charge in [0.25, 0.3) is 0 Å². The Balaban J connectivity index is 1.32. The van der Waals surface area contributed by atoms with Gasteiger partial charge in [0.15, 0.2) is 5.79 Å².